The average molecular weight is 340 g/mol. The van der Waals surface area contributed by atoms with Crippen LogP contribution in [0.15, 0.2) is 42.7 Å². The van der Waals surface area contributed by atoms with Gasteiger partial charge in [0.05, 0.1) is 5.60 Å². The van der Waals surface area contributed by atoms with E-state index in [2.05, 4.69) is 4.98 Å². The number of hydrogen-bond acceptors (Lipinski definition) is 4. The number of benzene rings is 1. The second-order valence-corrected chi connectivity index (χ2v) is 6.64. The number of hydrogen-bond donors (Lipinski definition) is 1. The molecule has 1 fully saturated rings. The van der Waals surface area contributed by atoms with Crippen molar-refractivity contribution in [3.63, 3.8) is 0 Å². The first kappa shape index (κ1) is 17.4. The molecule has 1 aromatic heterocycles. The lowest BCUT2D eigenvalue weighted by molar-refractivity contribution is -0.0193. The summed E-state index contributed by atoms with van der Waals surface area (Å²) in [7, 11) is 0. The predicted octanol–water partition coefficient (Wildman–Crippen LogP) is 3.56. The molecule has 1 aliphatic heterocycles. The molecule has 1 amide bonds. The monoisotopic (exact) mass is 340 g/mol. The van der Waals surface area contributed by atoms with Crippen LogP contribution in [0.4, 0.5) is 0 Å². The normalized spacial score (nSPS) is 16.5. The number of piperidine rings is 1. The molecule has 0 spiro atoms. The summed E-state index contributed by atoms with van der Waals surface area (Å²) in [5.74, 6) is 1.34. The number of carbonyl (C=O) groups excluding carboxylic acids is 1. The van der Waals surface area contributed by atoms with Crippen molar-refractivity contribution >= 4 is 5.91 Å². The van der Waals surface area contributed by atoms with E-state index < -0.39 is 5.60 Å². The van der Waals surface area contributed by atoms with Gasteiger partial charge >= 0.3 is 0 Å². The molecule has 1 saturated heterocycles. The molecule has 132 valence electrons. The van der Waals surface area contributed by atoms with Gasteiger partial charge in [-0.05, 0) is 56.0 Å². The zero-order chi connectivity index (χ0) is 17.9. The van der Waals surface area contributed by atoms with Crippen LogP contribution in [0.1, 0.15) is 42.1 Å². The molecule has 5 nitrogen and oxygen atoms in total. The van der Waals surface area contributed by atoms with Gasteiger partial charge in [-0.3, -0.25) is 9.78 Å². The maximum absolute atomic E-state index is 12.8. The highest BCUT2D eigenvalue weighted by Crippen LogP contribution is 2.29. The molecule has 1 N–H and O–H groups in total. The van der Waals surface area contributed by atoms with Gasteiger partial charge in [-0.1, -0.05) is 13.0 Å². The largest absolute Gasteiger partial charge is 0.457 e. The van der Waals surface area contributed by atoms with Crippen molar-refractivity contribution in [3.8, 4) is 11.5 Å². The maximum Gasteiger partial charge on any atom is 0.253 e. The number of ether oxygens (including phenoxy) is 1. The van der Waals surface area contributed by atoms with E-state index >= 15 is 0 Å². The van der Waals surface area contributed by atoms with Crippen molar-refractivity contribution in [2.75, 3.05) is 13.1 Å². The van der Waals surface area contributed by atoms with E-state index in [1.807, 2.05) is 30.9 Å². The highest BCUT2D eigenvalue weighted by atomic mass is 16.5. The number of aryl methyl sites for hydroxylation is 1. The smallest absolute Gasteiger partial charge is 0.253 e. The van der Waals surface area contributed by atoms with Crippen LogP contribution in [0, 0.1) is 6.92 Å². The molecule has 0 bridgehead atoms. The third kappa shape index (κ3) is 3.99. The fourth-order valence-electron chi connectivity index (χ4n) is 3.04. The Bertz CT molecular complexity index is 738. The standard InChI is InChI=1S/C20H24N2O3/c1-3-20(24)8-12-22(13-9-20)19(23)16-5-4-15(2)18(14-16)25-17-6-10-21-11-7-17/h4-7,10-11,14,24H,3,8-9,12-13H2,1-2H3. The third-order valence-corrected chi connectivity index (χ3v) is 4.95. The minimum absolute atomic E-state index is 0.0160. The molecule has 2 aromatic rings. The van der Waals surface area contributed by atoms with Gasteiger partial charge in [-0.25, -0.2) is 0 Å². The Kier molecular flexibility index (Phi) is 5.04. The zero-order valence-corrected chi connectivity index (χ0v) is 14.7. The second-order valence-electron chi connectivity index (χ2n) is 6.64. The van der Waals surface area contributed by atoms with E-state index in [1.165, 1.54) is 0 Å². The first-order valence-corrected chi connectivity index (χ1v) is 8.71. The number of amides is 1. The SMILES string of the molecule is CCC1(O)CCN(C(=O)c2ccc(C)c(Oc3ccncc3)c2)CC1. The van der Waals surface area contributed by atoms with E-state index in [9.17, 15) is 9.90 Å². The number of aromatic nitrogens is 1. The van der Waals surface area contributed by atoms with E-state index in [1.54, 1.807) is 30.6 Å². The molecule has 25 heavy (non-hydrogen) atoms. The van der Waals surface area contributed by atoms with E-state index in [4.69, 9.17) is 4.74 Å². The van der Waals surface area contributed by atoms with Gasteiger partial charge in [0, 0.05) is 31.0 Å². The molecule has 1 aromatic carbocycles. The van der Waals surface area contributed by atoms with E-state index in [0.29, 0.717) is 43.0 Å². The van der Waals surface area contributed by atoms with Crippen molar-refractivity contribution in [3.05, 3.63) is 53.9 Å². The highest BCUT2D eigenvalue weighted by molar-refractivity contribution is 5.94. The number of carbonyl (C=O) groups is 1. The number of nitrogens with zero attached hydrogens (tertiary/aromatic N) is 2. The van der Waals surface area contributed by atoms with Gasteiger partial charge in [-0.2, -0.15) is 0 Å². The first-order valence-electron chi connectivity index (χ1n) is 8.71. The molecule has 0 radical (unpaired) electrons. The highest BCUT2D eigenvalue weighted by Gasteiger charge is 2.32. The Morgan fingerprint density at radius 3 is 2.56 bits per heavy atom. The molecule has 5 heteroatoms. The molecule has 0 aliphatic carbocycles. The summed E-state index contributed by atoms with van der Waals surface area (Å²) in [4.78, 5) is 18.6. The van der Waals surface area contributed by atoms with Crippen LogP contribution < -0.4 is 4.74 Å². The number of rotatable bonds is 4. The van der Waals surface area contributed by atoms with Crippen LogP contribution in [-0.2, 0) is 0 Å². The summed E-state index contributed by atoms with van der Waals surface area (Å²) >= 11 is 0. The topological polar surface area (TPSA) is 62.7 Å². The Hall–Kier alpha value is -2.40. The third-order valence-electron chi connectivity index (χ3n) is 4.95. The lowest BCUT2D eigenvalue weighted by atomic mass is 9.89. The van der Waals surface area contributed by atoms with Gasteiger partial charge < -0.3 is 14.7 Å². The quantitative estimate of drug-likeness (QED) is 0.924. The second kappa shape index (κ2) is 7.23. The summed E-state index contributed by atoms with van der Waals surface area (Å²) in [5.41, 5.74) is 0.948. The minimum atomic E-state index is -0.625. The lowest BCUT2D eigenvalue weighted by Crippen LogP contribution is -2.46. The Morgan fingerprint density at radius 2 is 1.92 bits per heavy atom. The fourth-order valence-corrected chi connectivity index (χ4v) is 3.04. The van der Waals surface area contributed by atoms with Gasteiger partial charge in [0.15, 0.2) is 0 Å². The molecular formula is C20H24N2O3. The number of pyridine rings is 1. The average Bonchev–Trinajstić information content (AvgIpc) is 2.64. The summed E-state index contributed by atoms with van der Waals surface area (Å²) in [6.45, 7) is 5.10. The minimum Gasteiger partial charge on any atom is -0.457 e. The van der Waals surface area contributed by atoms with E-state index in [-0.39, 0.29) is 5.91 Å². The van der Waals surface area contributed by atoms with Gasteiger partial charge in [0.1, 0.15) is 11.5 Å². The molecular weight excluding hydrogens is 316 g/mol. The summed E-state index contributed by atoms with van der Waals surface area (Å²) in [6.07, 6.45) is 5.32. The predicted molar refractivity (Wildman–Crippen MR) is 95.9 cm³/mol. The Labute approximate surface area is 148 Å². The van der Waals surface area contributed by atoms with Crippen molar-refractivity contribution in [2.24, 2.45) is 0 Å². The molecule has 0 atom stereocenters. The van der Waals surface area contributed by atoms with Crippen LogP contribution in [0.3, 0.4) is 0 Å². The van der Waals surface area contributed by atoms with Gasteiger partial charge in [0.25, 0.3) is 5.91 Å². The van der Waals surface area contributed by atoms with Crippen LogP contribution in [-0.4, -0.2) is 39.6 Å². The van der Waals surface area contributed by atoms with Crippen molar-refractivity contribution in [2.45, 2.75) is 38.7 Å². The molecule has 1 aliphatic rings. The number of aliphatic hydroxyl groups is 1. The van der Waals surface area contributed by atoms with Crippen molar-refractivity contribution in [1.29, 1.82) is 0 Å². The first-order chi connectivity index (χ1) is 12.0. The summed E-state index contributed by atoms with van der Waals surface area (Å²) in [5, 5.41) is 10.3. The van der Waals surface area contributed by atoms with Crippen LogP contribution in [0.2, 0.25) is 0 Å². The van der Waals surface area contributed by atoms with Gasteiger partial charge in [-0.15, -0.1) is 0 Å². The van der Waals surface area contributed by atoms with Gasteiger partial charge in [0.2, 0.25) is 0 Å². The number of likely N-dealkylation sites (tertiary alicyclic amines) is 1. The van der Waals surface area contributed by atoms with Crippen LogP contribution >= 0.6 is 0 Å². The Morgan fingerprint density at radius 1 is 1.24 bits per heavy atom. The maximum atomic E-state index is 12.8. The lowest BCUT2D eigenvalue weighted by Gasteiger charge is -2.37. The van der Waals surface area contributed by atoms with Crippen LogP contribution in [0.25, 0.3) is 0 Å². The van der Waals surface area contributed by atoms with Crippen molar-refractivity contribution < 1.29 is 14.6 Å². The Balaban J connectivity index is 1.74. The summed E-state index contributed by atoms with van der Waals surface area (Å²) < 4.78 is 5.89. The van der Waals surface area contributed by atoms with Crippen LogP contribution in [0.5, 0.6) is 11.5 Å². The molecule has 0 saturated carbocycles. The zero-order valence-electron chi connectivity index (χ0n) is 14.7. The fraction of sp³-hybridized carbons (Fsp3) is 0.400. The van der Waals surface area contributed by atoms with Crippen molar-refractivity contribution in [1.82, 2.24) is 9.88 Å². The summed E-state index contributed by atoms with van der Waals surface area (Å²) in [6, 6.07) is 9.08. The van der Waals surface area contributed by atoms with E-state index in [0.717, 1.165) is 12.0 Å². The molecule has 3 rings (SSSR count). The molecule has 2 heterocycles. The molecule has 0 unspecified atom stereocenters.